The van der Waals surface area contributed by atoms with E-state index >= 15 is 0 Å². The molecule has 0 radical (unpaired) electrons. The first-order chi connectivity index (χ1) is 13.2. The molecule has 28 heavy (non-hydrogen) atoms. The highest BCUT2D eigenvalue weighted by atomic mass is 19.4. The number of aryl methyl sites for hydroxylation is 1. The van der Waals surface area contributed by atoms with Gasteiger partial charge in [-0.3, -0.25) is 9.59 Å². The zero-order valence-electron chi connectivity index (χ0n) is 14.6. The molecule has 0 saturated heterocycles. The Hall–Kier alpha value is -3.55. The van der Waals surface area contributed by atoms with Gasteiger partial charge in [-0.15, -0.1) is 0 Å². The fourth-order valence-electron chi connectivity index (χ4n) is 2.55. The van der Waals surface area contributed by atoms with Crippen molar-refractivity contribution in [1.29, 1.82) is 0 Å². The summed E-state index contributed by atoms with van der Waals surface area (Å²) in [5.74, 6) is -1.39. The summed E-state index contributed by atoms with van der Waals surface area (Å²) in [5.41, 5.74) is -0.522. The summed E-state index contributed by atoms with van der Waals surface area (Å²) in [6.45, 7) is 1.77. The molecular weight excluding hydrogens is 373 g/mol. The fourth-order valence-corrected chi connectivity index (χ4v) is 2.55. The molecule has 2 amide bonds. The second kappa shape index (κ2) is 7.59. The predicted octanol–water partition coefficient (Wildman–Crippen LogP) is 5.11. The maximum atomic E-state index is 13.5. The third-order valence-corrected chi connectivity index (χ3v) is 3.86. The van der Waals surface area contributed by atoms with Gasteiger partial charge in [0.1, 0.15) is 0 Å². The van der Waals surface area contributed by atoms with Crippen LogP contribution in [-0.4, -0.2) is 11.8 Å². The molecule has 0 saturated carbocycles. The summed E-state index contributed by atoms with van der Waals surface area (Å²) in [6.07, 6.45) is -3.46. The predicted molar refractivity (Wildman–Crippen MR) is 97.2 cm³/mol. The average Bonchev–Trinajstić information content (AvgIpc) is 3.17. The standard InChI is InChI=1S/C20H15F3N2O3/c1-12-4-2-5-13(10-12)18(26)25-16-8-7-14(11-15(16)20(21,22)23)24-19(27)17-6-3-9-28-17/h2-11H,1H3,(H,24,27)(H,25,26). The maximum Gasteiger partial charge on any atom is 0.418 e. The molecule has 8 heteroatoms. The third-order valence-electron chi connectivity index (χ3n) is 3.86. The lowest BCUT2D eigenvalue weighted by Crippen LogP contribution is -2.18. The molecule has 1 aromatic heterocycles. The number of furan rings is 1. The number of carbonyl (C=O) groups excluding carboxylic acids is 2. The van der Waals surface area contributed by atoms with E-state index in [0.717, 1.165) is 17.7 Å². The van der Waals surface area contributed by atoms with E-state index in [1.807, 2.05) is 0 Å². The van der Waals surface area contributed by atoms with Crippen molar-refractivity contribution in [3.63, 3.8) is 0 Å². The second-order valence-electron chi connectivity index (χ2n) is 6.01. The Kier molecular flexibility index (Phi) is 5.21. The molecule has 2 N–H and O–H groups in total. The first-order valence-electron chi connectivity index (χ1n) is 8.18. The molecule has 0 fully saturated rings. The van der Waals surface area contributed by atoms with Crippen LogP contribution in [-0.2, 0) is 6.18 Å². The minimum Gasteiger partial charge on any atom is -0.459 e. The lowest BCUT2D eigenvalue weighted by Gasteiger charge is -2.16. The van der Waals surface area contributed by atoms with Gasteiger partial charge in [0.05, 0.1) is 17.5 Å². The van der Waals surface area contributed by atoms with Crippen LogP contribution in [0.1, 0.15) is 32.0 Å². The van der Waals surface area contributed by atoms with Gasteiger partial charge in [0.2, 0.25) is 0 Å². The molecule has 0 bridgehead atoms. The van der Waals surface area contributed by atoms with E-state index in [2.05, 4.69) is 10.6 Å². The molecule has 1 heterocycles. The van der Waals surface area contributed by atoms with E-state index in [0.29, 0.717) is 0 Å². The smallest absolute Gasteiger partial charge is 0.418 e. The number of anilines is 2. The van der Waals surface area contributed by atoms with Gasteiger partial charge in [0, 0.05) is 11.3 Å². The minimum atomic E-state index is -4.74. The van der Waals surface area contributed by atoms with Crippen LogP contribution >= 0.6 is 0 Å². The summed E-state index contributed by atoms with van der Waals surface area (Å²) in [4.78, 5) is 24.3. The van der Waals surface area contributed by atoms with Crippen molar-refractivity contribution >= 4 is 23.2 Å². The van der Waals surface area contributed by atoms with Crippen LogP contribution in [0.25, 0.3) is 0 Å². The molecule has 0 spiro atoms. The van der Waals surface area contributed by atoms with E-state index in [4.69, 9.17) is 4.42 Å². The van der Waals surface area contributed by atoms with Gasteiger partial charge in [-0.2, -0.15) is 13.2 Å². The Morgan fingerprint density at radius 3 is 2.36 bits per heavy atom. The van der Waals surface area contributed by atoms with Crippen molar-refractivity contribution in [2.24, 2.45) is 0 Å². The van der Waals surface area contributed by atoms with Gasteiger partial charge in [-0.25, -0.2) is 0 Å². The van der Waals surface area contributed by atoms with Crippen LogP contribution < -0.4 is 10.6 Å². The number of alkyl halides is 3. The van der Waals surface area contributed by atoms with Crippen molar-refractivity contribution in [2.75, 3.05) is 10.6 Å². The van der Waals surface area contributed by atoms with Crippen molar-refractivity contribution in [3.05, 3.63) is 83.3 Å². The van der Waals surface area contributed by atoms with E-state index in [-0.39, 0.29) is 17.0 Å². The van der Waals surface area contributed by atoms with Crippen molar-refractivity contribution in [2.45, 2.75) is 13.1 Å². The normalized spacial score (nSPS) is 11.1. The van der Waals surface area contributed by atoms with Crippen LogP contribution in [0.15, 0.2) is 65.3 Å². The monoisotopic (exact) mass is 388 g/mol. The van der Waals surface area contributed by atoms with E-state index in [1.54, 1.807) is 25.1 Å². The van der Waals surface area contributed by atoms with Gasteiger partial charge in [-0.05, 0) is 49.4 Å². The molecule has 0 unspecified atom stereocenters. The number of amides is 2. The molecule has 0 aliphatic heterocycles. The van der Waals surface area contributed by atoms with Crippen molar-refractivity contribution in [3.8, 4) is 0 Å². The van der Waals surface area contributed by atoms with Gasteiger partial charge in [0.25, 0.3) is 11.8 Å². The molecule has 0 atom stereocenters. The lowest BCUT2D eigenvalue weighted by molar-refractivity contribution is -0.136. The quantitative estimate of drug-likeness (QED) is 0.652. The molecule has 0 aliphatic rings. The Morgan fingerprint density at radius 2 is 1.71 bits per heavy atom. The van der Waals surface area contributed by atoms with Gasteiger partial charge in [0.15, 0.2) is 5.76 Å². The molecule has 5 nitrogen and oxygen atoms in total. The maximum absolute atomic E-state index is 13.5. The Labute approximate surface area is 158 Å². The summed E-state index contributed by atoms with van der Waals surface area (Å²) >= 11 is 0. The number of nitrogens with one attached hydrogen (secondary N) is 2. The Balaban J connectivity index is 1.87. The summed E-state index contributed by atoms with van der Waals surface area (Å²) < 4.78 is 45.3. The number of rotatable bonds is 4. The van der Waals surface area contributed by atoms with Gasteiger partial charge < -0.3 is 15.1 Å². The fraction of sp³-hybridized carbons (Fsp3) is 0.100. The van der Waals surface area contributed by atoms with Crippen molar-refractivity contribution < 1.29 is 27.2 Å². The molecular formula is C20H15F3N2O3. The number of halogens is 3. The van der Waals surface area contributed by atoms with E-state index < -0.39 is 29.2 Å². The SMILES string of the molecule is Cc1cccc(C(=O)Nc2ccc(NC(=O)c3ccco3)cc2C(F)(F)F)c1. The number of carbonyl (C=O) groups is 2. The molecule has 144 valence electrons. The van der Waals surface area contributed by atoms with Crippen LogP contribution in [0.5, 0.6) is 0 Å². The average molecular weight is 388 g/mol. The summed E-state index contributed by atoms with van der Waals surface area (Å²) in [6, 6.07) is 12.5. The van der Waals surface area contributed by atoms with Gasteiger partial charge in [-0.1, -0.05) is 17.7 Å². The van der Waals surface area contributed by atoms with E-state index in [9.17, 15) is 22.8 Å². The summed E-state index contributed by atoms with van der Waals surface area (Å²) in [5, 5.41) is 4.61. The summed E-state index contributed by atoms with van der Waals surface area (Å²) in [7, 11) is 0. The number of hydrogen-bond donors (Lipinski definition) is 2. The number of benzene rings is 2. The molecule has 2 aromatic carbocycles. The highest BCUT2D eigenvalue weighted by Crippen LogP contribution is 2.37. The van der Waals surface area contributed by atoms with Crippen LogP contribution in [0.2, 0.25) is 0 Å². The first kappa shape index (κ1) is 19.2. The zero-order valence-corrected chi connectivity index (χ0v) is 14.6. The minimum absolute atomic E-state index is 0.0367. The van der Waals surface area contributed by atoms with Gasteiger partial charge >= 0.3 is 6.18 Å². The highest BCUT2D eigenvalue weighted by Gasteiger charge is 2.34. The molecule has 3 rings (SSSR count). The molecule has 0 aliphatic carbocycles. The Bertz CT molecular complexity index is 1010. The van der Waals surface area contributed by atoms with Crippen LogP contribution in [0, 0.1) is 6.92 Å². The molecule has 3 aromatic rings. The second-order valence-corrected chi connectivity index (χ2v) is 6.01. The van der Waals surface area contributed by atoms with E-state index in [1.165, 1.54) is 30.5 Å². The first-order valence-corrected chi connectivity index (χ1v) is 8.18. The largest absolute Gasteiger partial charge is 0.459 e. The third kappa shape index (κ3) is 4.40. The number of hydrogen-bond acceptors (Lipinski definition) is 3. The lowest BCUT2D eigenvalue weighted by atomic mass is 10.1. The van der Waals surface area contributed by atoms with Crippen LogP contribution in [0.3, 0.4) is 0 Å². The Morgan fingerprint density at radius 1 is 0.929 bits per heavy atom. The van der Waals surface area contributed by atoms with Crippen LogP contribution in [0.4, 0.5) is 24.5 Å². The van der Waals surface area contributed by atoms with Crippen molar-refractivity contribution in [1.82, 2.24) is 0 Å². The zero-order chi connectivity index (χ0) is 20.3. The highest BCUT2D eigenvalue weighted by molar-refractivity contribution is 6.05. The topological polar surface area (TPSA) is 71.3 Å².